The summed E-state index contributed by atoms with van der Waals surface area (Å²) in [5.74, 6) is 2.25. The number of benzene rings is 1. The first-order valence-corrected chi connectivity index (χ1v) is 10.4. The zero-order valence-corrected chi connectivity index (χ0v) is 17.3. The fourth-order valence-corrected chi connectivity index (χ4v) is 4.03. The molecule has 0 spiro atoms. The lowest BCUT2D eigenvalue weighted by Gasteiger charge is -2.35. The van der Waals surface area contributed by atoms with Gasteiger partial charge in [0.1, 0.15) is 5.75 Å². The fourth-order valence-electron chi connectivity index (χ4n) is 4.03. The number of likely N-dealkylation sites (tertiary alicyclic amines) is 1. The maximum absolute atomic E-state index is 12.9. The van der Waals surface area contributed by atoms with Crippen LogP contribution in [0.3, 0.4) is 0 Å². The third kappa shape index (κ3) is 5.23. The van der Waals surface area contributed by atoms with Gasteiger partial charge in [-0.25, -0.2) is 0 Å². The number of hydrogen-bond acceptors (Lipinski definition) is 4. The lowest BCUT2D eigenvalue weighted by atomic mass is 9.94. The van der Waals surface area contributed by atoms with E-state index in [2.05, 4.69) is 48.4 Å². The van der Waals surface area contributed by atoms with Crippen molar-refractivity contribution in [2.45, 2.75) is 58.7 Å². The van der Waals surface area contributed by atoms with E-state index in [9.17, 15) is 4.79 Å². The zero-order chi connectivity index (χ0) is 19.4. The van der Waals surface area contributed by atoms with Crippen LogP contribution >= 0.6 is 0 Å². The molecule has 1 aromatic rings. The van der Waals surface area contributed by atoms with Gasteiger partial charge in [0.15, 0.2) is 0 Å². The third-order valence-electron chi connectivity index (χ3n) is 6.16. The number of amides is 1. The summed E-state index contributed by atoms with van der Waals surface area (Å²) in [7, 11) is 1.68. The summed E-state index contributed by atoms with van der Waals surface area (Å²) in [6.45, 7) is 10.7. The Hall–Kier alpha value is -1.59. The summed E-state index contributed by atoms with van der Waals surface area (Å²) in [5, 5.41) is 6.73. The molecule has 150 valence electrons. The Bertz CT molecular complexity index is 638. The van der Waals surface area contributed by atoms with E-state index in [1.807, 2.05) is 6.07 Å². The van der Waals surface area contributed by atoms with E-state index < -0.39 is 0 Å². The van der Waals surface area contributed by atoms with E-state index in [-0.39, 0.29) is 18.0 Å². The largest absolute Gasteiger partial charge is 0.497 e. The molecule has 0 radical (unpaired) electrons. The Kier molecular flexibility index (Phi) is 6.77. The highest BCUT2D eigenvalue weighted by Crippen LogP contribution is 2.23. The van der Waals surface area contributed by atoms with Crippen LogP contribution in [0.2, 0.25) is 0 Å². The molecule has 2 aliphatic rings. The van der Waals surface area contributed by atoms with Crippen molar-refractivity contribution in [3.05, 3.63) is 29.3 Å². The predicted octanol–water partition coefficient (Wildman–Crippen LogP) is 2.58. The number of methoxy groups -OCH3 is 1. The first kappa shape index (κ1) is 20.2. The van der Waals surface area contributed by atoms with Gasteiger partial charge < -0.3 is 20.3 Å². The molecule has 2 atom stereocenters. The lowest BCUT2D eigenvalue weighted by molar-refractivity contribution is -0.124. The number of piperidine rings is 1. The molecule has 27 heavy (non-hydrogen) atoms. The number of nitrogens with zero attached hydrogens (tertiary/aromatic N) is 1. The second-order valence-corrected chi connectivity index (χ2v) is 8.61. The molecule has 3 rings (SSSR count). The Morgan fingerprint density at radius 2 is 2.04 bits per heavy atom. The second-order valence-electron chi connectivity index (χ2n) is 8.61. The van der Waals surface area contributed by atoms with Gasteiger partial charge in [-0.2, -0.15) is 0 Å². The van der Waals surface area contributed by atoms with Gasteiger partial charge in [-0.1, -0.05) is 26.8 Å². The van der Waals surface area contributed by atoms with Crippen molar-refractivity contribution in [2.75, 3.05) is 26.7 Å². The normalized spacial score (nSPS) is 22.3. The van der Waals surface area contributed by atoms with Crippen LogP contribution in [0.25, 0.3) is 0 Å². The Labute approximate surface area is 163 Å². The topological polar surface area (TPSA) is 53.6 Å². The van der Waals surface area contributed by atoms with Crippen LogP contribution in [0.15, 0.2) is 18.2 Å². The molecule has 0 bridgehead atoms. The second kappa shape index (κ2) is 9.07. The number of rotatable bonds is 6. The smallest absolute Gasteiger partial charge is 0.237 e. The van der Waals surface area contributed by atoms with Crippen molar-refractivity contribution < 1.29 is 9.53 Å². The molecule has 2 N–H and O–H groups in total. The number of fused-ring (bicyclic) bond motifs is 1. The molecule has 0 aromatic heterocycles. The van der Waals surface area contributed by atoms with Crippen LogP contribution in [0.5, 0.6) is 5.75 Å². The monoisotopic (exact) mass is 373 g/mol. The van der Waals surface area contributed by atoms with Crippen LogP contribution in [-0.2, 0) is 17.8 Å². The molecule has 0 aliphatic carbocycles. The predicted molar refractivity (Wildman–Crippen MR) is 109 cm³/mol. The van der Waals surface area contributed by atoms with Crippen LogP contribution in [0.1, 0.15) is 44.7 Å². The Morgan fingerprint density at radius 3 is 2.70 bits per heavy atom. The summed E-state index contributed by atoms with van der Waals surface area (Å²) >= 11 is 0. The molecular formula is C22H35N3O2. The molecular weight excluding hydrogens is 338 g/mol. The van der Waals surface area contributed by atoms with Gasteiger partial charge in [0.05, 0.1) is 13.2 Å². The van der Waals surface area contributed by atoms with E-state index >= 15 is 0 Å². The van der Waals surface area contributed by atoms with Crippen LogP contribution < -0.4 is 15.4 Å². The van der Waals surface area contributed by atoms with Gasteiger partial charge in [0.25, 0.3) is 0 Å². The highest BCUT2D eigenvalue weighted by molar-refractivity contribution is 5.82. The van der Waals surface area contributed by atoms with Crippen molar-refractivity contribution in [3.63, 3.8) is 0 Å². The molecule has 1 saturated heterocycles. The van der Waals surface area contributed by atoms with Gasteiger partial charge in [-0.15, -0.1) is 0 Å². The van der Waals surface area contributed by atoms with Crippen LogP contribution in [0, 0.1) is 11.8 Å². The van der Waals surface area contributed by atoms with E-state index in [1.54, 1.807) is 7.11 Å². The van der Waals surface area contributed by atoms with Gasteiger partial charge >= 0.3 is 0 Å². The summed E-state index contributed by atoms with van der Waals surface area (Å²) in [6.07, 6.45) is 3.27. The SMILES string of the molecule is COc1ccc2c(c1)CN[C@@H](C(=O)NC(CN1CCC(C)CC1)C(C)C)C2. The average Bonchev–Trinajstić information content (AvgIpc) is 2.68. The quantitative estimate of drug-likeness (QED) is 0.805. The summed E-state index contributed by atoms with van der Waals surface area (Å²) in [4.78, 5) is 15.4. The summed E-state index contributed by atoms with van der Waals surface area (Å²) in [6, 6.07) is 6.17. The highest BCUT2D eigenvalue weighted by Gasteiger charge is 2.28. The van der Waals surface area contributed by atoms with E-state index in [4.69, 9.17) is 4.74 Å². The molecule has 0 saturated carbocycles. The minimum atomic E-state index is -0.159. The number of ether oxygens (including phenoxy) is 1. The number of nitrogens with one attached hydrogen (secondary N) is 2. The van der Waals surface area contributed by atoms with Crippen molar-refractivity contribution in [2.24, 2.45) is 11.8 Å². The van der Waals surface area contributed by atoms with Gasteiger partial charge in [-0.05, 0) is 67.4 Å². The molecule has 1 unspecified atom stereocenters. The van der Waals surface area contributed by atoms with E-state index in [0.29, 0.717) is 12.5 Å². The number of hydrogen-bond donors (Lipinski definition) is 2. The summed E-state index contributed by atoms with van der Waals surface area (Å²) < 4.78 is 5.30. The van der Waals surface area contributed by atoms with E-state index in [0.717, 1.165) is 37.7 Å². The summed E-state index contributed by atoms with van der Waals surface area (Å²) in [5.41, 5.74) is 2.46. The first-order chi connectivity index (χ1) is 13.0. The average molecular weight is 374 g/mol. The van der Waals surface area contributed by atoms with Crippen LogP contribution in [0.4, 0.5) is 0 Å². The Balaban J connectivity index is 1.57. The molecule has 5 nitrogen and oxygen atoms in total. The van der Waals surface area contributed by atoms with E-state index in [1.165, 1.54) is 24.0 Å². The standard InChI is InChI=1S/C22H35N3O2/c1-15(2)21(14-25-9-7-16(3)8-10-25)24-22(26)20-12-17-5-6-19(27-4)11-18(17)13-23-20/h5-6,11,15-16,20-21,23H,7-10,12-14H2,1-4H3,(H,24,26)/t20-,21?/m1/s1. The third-order valence-corrected chi connectivity index (χ3v) is 6.16. The molecule has 1 amide bonds. The molecule has 2 heterocycles. The van der Waals surface area contributed by atoms with Crippen molar-refractivity contribution in [1.29, 1.82) is 0 Å². The zero-order valence-electron chi connectivity index (χ0n) is 17.3. The lowest BCUT2D eigenvalue weighted by Crippen LogP contribution is -2.54. The van der Waals surface area contributed by atoms with Gasteiger partial charge in [-0.3, -0.25) is 4.79 Å². The van der Waals surface area contributed by atoms with Gasteiger partial charge in [0.2, 0.25) is 5.91 Å². The van der Waals surface area contributed by atoms with Crippen molar-refractivity contribution >= 4 is 5.91 Å². The first-order valence-electron chi connectivity index (χ1n) is 10.4. The number of carbonyl (C=O) groups excluding carboxylic acids is 1. The van der Waals surface area contributed by atoms with Gasteiger partial charge in [0, 0.05) is 19.1 Å². The Morgan fingerprint density at radius 1 is 1.30 bits per heavy atom. The minimum Gasteiger partial charge on any atom is -0.497 e. The van der Waals surface area contributed by atoms with Crippen molar-refractivity contribution in [3.8, 4) is 5.75 Å². The molecule has 1 fully saturated rings. The maximum Gasteiger partial charge on any atom is 0.237 e. The molecule has 1 aromatic carbocycles. The highest BCUT2D eigenvalue weighted by atomic mass is 16.5. The molecule has 5 heteroatoms. The number of carbonyl (C=O) groups is 1. The molecule has 2 aliphatic heterocycles. The maximum atomic E-state index is 12.9. The van der Waals surface area contributed by atoms with Crippen molar-refractivity contribution in [1.82, 2.24) is 15.5 Å². The minimum absolute atomic E-state index is 0.126. The van der Waals surface area contributed by atoms with Crippen LogP contribution in [-0.4, -0.2) is 49.6 Å². The fraction of sp³-hybridized carbons (Fsp3) is 0.682.